The molecule has 0 unspecified atom stereocenters. The highest BCUT2D eigenvalue weighted by Gasteiger charge is 2.19. The van der Waals surface area contributed by atoms with E-state index in [1.165, 1.54) is 6.07 Å². The Hall–Kier alpha value is -1.27. The van der Waals surface area contributed by atoms with Gasteiger partial charge >= 0.3 is 0 Å². The van der Waals surface area contributed by atoms with Gasteiger partial charge in [-0.3, -0.25) is 10.1 Å². The first-order chi connectivity index (χ1) is 8.20. The molecule has 1 aromatic rings. The van der Waals surface area contributed by atoms with E-state index >= 15 is 0 Å². The zero-order chi connectivity index (χ0) is 12.3. The van der Waals surface area contributed by atoms with Gasteiger partial charge in [0.25, 0.3) is 5.69 Å². The summed E-state index contributed by atoms with van der Waals surface area (Å²) in [6.07, 6.45) is 0. The summed E-state index contributed by atoms with van der Waals surface area (Å²) in [5, 5.41) is 14.3. The van der Waals surface area contributed by atoms with E-state index in [0.29, 0.717) is 5.25 Å². The second kappa shape index (κ2) is 5.37. The van der Waals surface area contributed by atoms with E-state index in [-0.39, 0.29) is 10.6 Å². The molecule has 92 valence electrons. The zero-order valence-electron chi connectivity index (χ0n) is 9.51. The Morgan fingerprint density at radius 2 is 2.35 bits per heavy atom. The number of nitro groups is 1. The minimum absolute atomic E-state index is 0.143. The summed E-state index contributed by atoms with van der Waals surface area (Å²) < 4.78 is 5.10. The predicted molar refractivity (Wildman–Crippen MR) is 68.5 cm³/mol. The molecular formula is C11H14N2O3S. The lowest BCUT2D eigenvalue weighted by atomic mass is 10.2. The van der Waals surface area contributed by atoms with Crippen molar-refractivity contribution < 1.29 is 9.66 Å². The summed E-state index contributed by atoms with van der Waals surface area (Å²) in [7, 11) is 1.82. The van der Waals surface area contributed by atoms with Crippen LogP contribution >= 0.6 is 11.8 Å². The molecule has 1 fully saturated rings. The number of nitrogens with one attached hydrogen (secondary N) is 1. The normalized spacial score (nSPS) is 15.4. The van der Waals surface area contributed by atoms with Crippen molar-refractivity contribution in [3.05, 3.63) is 33.9 Å². The van der Waals surface area contributed by atoms with Gasteiger partial charge in [-0.2, -0.15) is 0 Å². The van der Waals surface area contributed by atoms with Crippen molar-refractivity contribution in [1.29, 1.82) is 0 Å². The molecular weight excluding hydrogens is 240 g/mol. The Morgan fingerprint density at radius 3 is 2.88 bits per heavy atom. The fourth-order valence-corrected chi connectivity index (χ4v) is 2.61. The van der Waals surface area contributed by atoms with Gasteiger partial charge in [-0.25, -0.2) is 0 Å². The highest BCUT2D eigenvalue weighted by Crippen LogP contribution is 2.29. The van der Waals surface area contributed by atoms with Crippen molar-refractivity contribution in [3.63, 3.8) is 0 Å². The molecule has 0 amide bonds. The minimum atomic E-state index is -0.361. The largest absolute Gasteiger partial charge is 0.388 e. The molecule has 6 heteroatoms. The Bertz CT molecular complexity index is 421. The lowest BCUT2D eigenvalue weighted by molar-refractivity contribution is -0.384. The van der Waals surface area contributed by atoms with Crippen LogP contribution in [0.15, 0.2) is 18.2 Å². The van der Waals surface area contributed by atoms with Gasteiger partial charge in [0.2, 0.25) is 0 Å². The first kappa shape index (κ1) is 12.2. The molecule has 1 aliphatic heterocycles. The highest BCUT2D eigenvalue weighted by atomic mass is 32.2. The van der Waals surface area contributed by atoms with Crippen LogP contribution in [0.5, 0.6) is 0 Å². The molecule has 5 nitrogen and oxygen atoms in total. The fourth-order valence-electron chi connectivity index (χ4n) is 1.57. The second-order valence-electron chi connectivity index (χ2n) is 3.82. The highest BCUT2D eigenvalue weighted by molar-refractivity contribution is 7.99. The standard InChI is InChI=1S/C11H14N2O3S/c1-12-11-3-2-9(13(14)15)4-8(11)7-17-10-5-16-6-10/h2-4,10,12H,5-7H2,1H3. The topological polar surface area (TPSA) is 64.4 Å². The van der Waals surface area contributed by atoms with Crippen molar-refractivity contribution in [1.82, 2.24) is 0 Å². The number of nitrogens with zero attached hydrogens (tertiary/aromatic N) is 1. The molecule has 1 saturated heterocycles. The van der Waals surface area contributed by atoms with Gasteiger partial charge in [-0.15, -0.1) is 11.8 Å². The summed E-state index contributed by atoms with van der Waals surface area (Å²) in [6, 6.07) is 4.91. The van der Waals surface area contributed by atoms with E-state index in [1.807, 2.05) is 7.05 Å². The van der Waals surface area contributed by atoms with Gasteiger partial charge in [0, 0.05) is 30.6 Å². The van der Waals surface area contributed by atoms with Crippen molar-refractivity contribution >= 4 is 23.1 Å². The van der Waals surface area contributed by atoms with Gasteiger partial charge < -0.3 is 10.1 Å². The van der Waals surface area contributed by atoms with Crippen molar-refractivity contribution in [2.45, 2.75) is 11.0 Å². The number of ether oxygens (including phenoxy) is 1. The van der Waals surface area contributed by atoms with E-state index in [2.05, 4.69) is 5.32 Å². The number of thioether (sulfide) groups is 1. The van der Waals surface area contributed by atoms with Gasteiger partial charge in [0.1, 0.15) is 0 Å². The minimum Gasteiger partial charge on any atom is -0.388 e. The first-order valence-corrected chi connectivity index (χ1v) is 6.40. The smallest absolute Gasteiger partial charge is 0.269 e. The van der Waals surface area contributed by atoms with Crippen LogP contribution < -0.4 is 5.32 Å². The van der Waals surface area contributed by atoms with Crippen molar-refractivity contribution in [3.8, 4) is 0 Å². The quantitative estimate of drug-likeness (QED) is 0.645. The number of nitro benzene ring substituents is 1. The molecule has 1 N–H and O–H groups in total. The monoisotopic (exact) mass is 254 g/mol. The van der Waals surface area contributed by atoms with Crippen LogP contribution in [-0.2, 0) is 10.5 Å². The third-order valence-corrected chi connectivity index (χ3v) is 3.87. The number of benzene rings is 1. The Morgan fingerprint density at radius 1 is 1.59 bits per heavy atom. The summed E-state index contributed by atoms with van der Waals surface area (Å²) in [6.45, 7) is 1.57. The maximum absolute atomic E-state index is 10.7. The zero-order valence-corrected chi connectivity index (χ0v) is 10.3. The van der Waals surface area contributed by atoms with E-state index in [4.69, 9.17) is 4.74 Å². The third-order valence-electron chi connectivity index (χ3n) is 2.65. The molecule has 0 atom stereocenters. The molecule has 17 heavy (non-hydrogen) atoms. The first-order valence-electron chi connectivity index (χ1n) is 5.35. The number of rotatable bonds is 5. The molecule has 1 aliphatic rings. The average molecular weight is 254 g/mol. The molecule has 0 aromatic heterocycles. The van der Waals surface area contributed by atoms with Gasteiger partial charge in [0.05, 0.1) is 23.4 Å². The third kappa shape index (κ3) is 2.89. The SMILES string of the molecule is CNc1ccc([N+](=O)[O-])cc1CSC1COC1. The summed E-state index contributed by atoms with van der Waals surface area (Å²) in [5.41, 5.74) is 2.06. The van der Waals surface area contributed by atoms with E-state index in [0.717, 1.165) is 30.2 Å². The van der Waals surface area contributed by atoms with Gasteiger partial charge in [-0.05, 0) is 11.6 Å². The van der Waals surface area contributed by atoms with E-state index in [9.17, 15) is 10.1 Å². The maximum Gasteiger partial charge on any atom is 0.269 e. The van der Waals surface area contributed by atoms with E-state index < -0.39 is 0 Å². The number of hydrogen-bond donors (Lipinski definition) is 1. The van der Waals surface area contributed by atoms with Crippen LogP contribution in [0.25, 0.3) is 0 Å². The number of non-ortho nitro benzene ring substituents is 1. The molecule has 0 saturated carbocycles. The van der Waals surface area contributed by atoms with E-state index in [1.54, 1.807) is 23.9 Å². The number of hydrogen-bond acceptors (Lipinski definition) is 5. The van der Waals surface area contributed by atoms with Crippen LogP contribution in [-0.4, -0.2) is 30.4 Å². The Labute approximate surface area is 104 Å². The summed E-state index contributed by atoms with van der Waals surface area (Å²) in [5.74, 6) is 0.770. The molecule has 0 aliphatic carbocycles. The van der Waals surface area contributed by atoms with Crippen LogP contribution in [0.4, 0.5) is 11.4 Å². The molecule has 0 bridgehead atoms. The Balaban J connectivity index is 2.10. The van der Waals surface area contributed by atoms with Crippen LogP contribution in [0.3, 0.4) is 0 Å². The van der Waals surface area contributed by atoms with Gasteiger partial charge in [-0.1, -0.05) is 0 Å². The van der Waals surface area contributed by atoms with Gasteiger partial charge in [0.15, 0.2) is 0 Å². The number of anilines is 1. The van der Waals surface area contributed by atoms with Crippen molar-refractivity contribution in [2.75, 3.05) is 25.6 Å². The molecule has 2 rings (SSSR count). The predicted octanol–water partition coefficient (Wildman–Crippen LogP) is 2.27. The summed E-state index contributed by atoms with van der Waals surface area (Å²) in [4.78, 5) is 10.4. The van der Waals surface area contributed by atoms with Crippen LogP contribution in [0.1, 0.15) is 5.56 Å². The molecule has 1 heterocycles. The Kier molecular flexibility index (Phi) is 3.86. The lowest BCUT2D eigenvalue weighted by Gasteiger charge is -2.25. The molecule has 1 aromatic carbocycles. The maximum atomic E-state index is 10.7. The molecule has 0 spiro atoms. The fraction of sp³-hybridized carbons (Fsp3) is 0.455. The summed E-state index contributed by atoms with van der Waals surface area (Å²) >= 11 is 1.78. The average Bonchev–Trinajstić information content (AvgIpc) is 2.26. The molecule has 0 radical (unpaired) electrons. The second-order valence-corrected chi connectivity index (χ2v) is 5.11. The van der Waals surface area contributed by atoms with Crippen LogP contribution in [0, 0.1) is 10.1 Å². The van der Waals surface area contributed by atoms with Crippen LogP contribution in [0.2, 0.25) is 0 Å². The lowest BCUT2D eigenvalue weighted by Crippen LogP contribution is -2.30. The van der Waals surface area contributed by atoms with Crippen molar-refractivity contribution in [2.24, 2.45) is 0 Å².